The highest BCUT2D eigenvalue weighted by Crippen LogP contribution is 2.50. The van der Waals surface area contributed by atoms with Crippen LogP contribution in [0.1, 0.15) is 56.2 Å². The van der Waals surface area contributed by atoms with Crippen molar-refractivity contribution in [2.45, 2.75) is 57.5 Å². The molecule has 2 saturated carbocycles. The van der Waals surface area contributed by atoms with Crippen molar-refractivity contribution in [3.8, 4) is 0 Å². The highest BCUT2D eigenvalue weighted by Gasteiger charge is 2.42. The first-order chi connectivity index (χ1) is 9.70. The molecule has 0 aliphatic heterocycles. The number of fused-ring (bicyclic) bond motifs is 3. The Labute approximate surface area is 127 Å². The summed E-state index contributed by atoms with van der Waals surface area (Å²) in [6, 6.07) is 7.65. The molecule has 0 amide bonds. The Kier molecular flexibility index (Phi) is 3.31. The minimum atomic E-state index is 0.552. The molecule has 5 unspecified atom stereocenters. The van der Waals surface area contributed by atoms with Gasteiger partial charge in [-0.25, -0.2) is 0 Å². The fraction of sp³-hybridized carbons (Fsp3) is 0.667. The van der Waals surface area contributed by atoms with Gasteiger partial charge in [-0.05, 0) is 80.0 Å². The molecule has 0 radical (unpaired) electrons. The molecule has 2 fully saturated rings. The second-order valence-electron chi connectivity index (χ2n) is 7.23. The second-order valence-corrected chi connectivity index (χ2v) is 7.66. The van der Waals surface area contributed by atoms with Crippen LogP contribution in [0.3, 0.4) is 0 Å². The van der Waals surface area contributed by atoms with E-state index in [1.54, 1.807) is 0 Å². The Morgan fingerprint density at radius 1 is 1.20 bits per heavy atom. The van der Waals surface area contributed by atoms with Crippen LogP contribution in [0.15, 0.2) is 18.2 Å². The van der Waals surface area contributed by atoms with E-state index in [2.05, 4.69) is 24.4 Å². The molecule has 3 aliphatic rings. The standard InChI is InChI=1S/C18H24ClN/c1-11(17-9-12-2-3-13(17)8-12)20-18-7-4-14-10-15(19)5-6-16(14)18/h5-6,10-13,17-18,20H,2-4,7-9H2,1H3. The van der Waals surface area contributed by atoms with E-state index in [4.69, 9.17) is 11.6 Å². The molecule has 2 bridgehead atoms. The van der Waals surface area contributed by atoms with Gasteiger partial charge in [-0.1, -0.05) is 24.1 Å². The van der Waals surface area contributed by atoms with Gasteiger partial charge in [-0.3, -0.25) is 0 Å². The van der Waals surface area contributed by atoms with Crippen LogP contribution in [0.4, 0.5) is 0 Å². The predicted molar refractivity (Wildman–Crippen MR) is 84.0 cm³/mol. The lowest BCUT2D eigenvalue weighted by molar-refractivity contribution is 0.245. The monoisotopic (exact) mass is 289 g/mol. The maximum Gasteiger partial charge on any atom is 0.0408 e. The van der Waals surface area contributed by atoms with Crippen molar-refractivity contribution in [3.63, 3.8) is 0 Å². The van der Waals surface area contributed by atoms with Gasteiger partial charge in [0.05, 0.1) is 0 Å². The van der Waals surface area contributed by atoms with Crippen molar-refractivity contribution in [2.75, 3.05) is 0 Å². The maximum absolute atomic E-state index is 6.10. The summed E-state index contributed by atoms with van der Waals surface area (Å²) in [5.74, 6) is 2.97. The van der Waals surface area contributed by atoms with Gasteiger partial charge < -0.3 is 5.32 Å². The first-order valence-corrected chi connectivity index (χ1v) is 8.63. The number of rotatable bonds is 3. The zero-order chi connectivity index (χ0) is 13.7. The SMILES string of the molecule is CC(NC1CCc2cc(Cl)ccc21)C1CC2CCC1C2. The summed E-state index contributed by atoms with van der Waals surface area (Å²) >= 11 is 6.10. The van der Waals surface area contributed by atoms with E-state index in [1.807, 2.05) is 6.07 Å². The molecule has 1 nitrogen and oxygen atoms in total. The van der Waals surface area contributed by atoms with Gasteiger partial charge in [0.2, 0.25) is 0 Å². The fourth-order valence-corrected chi connectivity index (χ4v) is 5.30. The summed E-state index contributed by atoms with van der Waals surface area (Å²) in [6.45, 7) is 2.42. The fourth-order valence-electron chi connectivity index (χ4n) is 5.11. The Hall–Kier alpha value is -0.530. The highest BCUT2D eigenvalue weighted by atomic mass is 35.5. The molecular weight excluding hydrogens is 266 g/mol. The summed E-state index contributed by atoms with van der Waals surface area (Å²) in [7, 11) is 0. The second kappa shape index (κ2) is 5.03. The molecule has 20 heavy (non-hydrogen) atoms. The molecule has 108 valence electrons. The largest absolute Gasteiger partial charge is 0.307 e. The maximum atomic E-state index is 6.10. The Balaban J connectivity index is 1.46. The van der Waals surface area contributed by atoms with Crippen molar-refractivity contribution >= 4 is 11.6 Å². The minimum Gasteiger partial charge on any atom is -0.307 e. The lowest BCUT2D eigenvalue weighted by atomic mass is 9.83. The molecular formula is C18H24ClN. The summed E-state index contributed by atoms with van der Waals surface area (Å²) in [5, 5.41) is 4.82. The summed E-state index contributed by atoms with van der Waals surface area (Å²) in [6.07, 6.45) is 8.38. The molecule has 0 heterocycles. The van der Waals surface area contributed by atoms with Gasteiger partial charge in [-0.15, -0.1) is 0 Å². The molecule has 1 aromatic rings. The molecule has 4 rings (SSSR count). The third kappa shape index (κ3) is 2.19. The molecule has 1 aromatic carbocycles. The van der Waals surface area contributed by atoms with Gasteiger partial charge in [0.15, 0.2) is 0 Å². The Bertz CT molecular complexity index is 512. The predicted octanol–water partition coefficient (Wildman–Crippen LogP) is 4.74. The number of hydrogen-bond donors (Lipinski definition) is 1. The van der Waals surface area contributed by atoms with Crippen molar-refractivity contribution < 1.29 is 0 Å². The number of benzene rings is 1. The van der Waals surface area contributed by atoms with Crippen LogP contribution < -0.4 is 5.32 Å². The third-order valence-corrected chi connectivity index (χ3v) is 6.32. The van der Waals surface area contributed by atoms with Gasteiger partial charge in [-0.2, -0.15) is 0 Å². The molecule has 2 heteroatoms. The van der Waals surface area contributed by atoms with Crippen molar-refractivity contribution in [1.82, 2.24) is 5.32 Å². The first kappa shape index (κ1) is 13.2. The van der Waals surface area contributed by atoms with Crippen LogP contribution >= 0.6 is 11.6 Å². The van der Waals surface area contributed by atoms with Gasteiger partial charge >= 0.3 is 0 Å². The minimum absolute atomic E-state index is 0.552. The van der Waals surface area contributed by atoms with Crippen LogP contribution in [0.25, 0.3) is 0 Å². The van der Waals surface area contributed by atoms with E-state index in [0.717, 1.165) is 22.8 Å². The zero-order valence-corrected chi connectivity index (χ0v) is 13.0. The van der Waals surface area contributed by atoms with E-state index < -0.39 is 0 Å². The first-order valence-electron chi connectivity index (χ1n) is 8.25. The van der Waals surface area contributed by atoms with Crippen molar-refractivity contribution in [2.24, 2.45) is 17.8 Å². The Morgan fingerprint density at radius 3 is 2.85 bits per heavy atom. The highest BCUT2D eigenvalue weighted by molar-refractivity contribution is 6.30. The molecule has 3 aliphatic carbocycles. The number of aryl methyl sites for hydroxylation is 1. The van der Waals surface area contributed by atoms with Crippen LogP contribution in [-0.4, -0.2) is 6.04 Å². The Morgan fingerprint density at radius 2 is 2.10 bits per heavy atom. The molecule has 1 N–H and O–H groups in total. The van der Waals surface area contributed by atoms with Gasteiger partial charge in [0, 0.05) is 17.1 Å². The van der Waals surface area contributed by atoms with Crippen molar-refractivity contribution in [3.05, 3.63) is 34.3 Å². The molecule has 0 aromatic heterocycles. The van der Waals surface area contributed by atoms with Gasteiger partial charge in [0.25, 0.3) is 0 Å². The van der Waals surface area contributed by atoms with Crippen molar-refractivity contribution in [1.29, 1.82) is 0 Å². The van der Waals surface area contributed by atoms with Gasteiger partial charge in [0.1, 0.15) is 0 Å². The smallest absolute Gasteiger partial charge is 0.0408 e. The van der Waals surface area contributed by atoms with E-state index in [0.29, 0.717) is 12.1 Å². The number of nitrogens with one attached hydrogen (secondary N) is 1. The summed E-state index contributed by atoms with van der Waals surface area (Å²) in [5.41, 5.74) is 2.94. The van der Waals surface area contributed by atoms with E-state index >= 15 is 0 Å². The average Bonchev–Trinajstić information content (AvgIpc) is 3.13. The number of halogens is 1. The average molecular weight is 290 g/mol. The third-order valence-electron chi connectivity index (χ3n) is 6.08. The van der Waals surface area contributed by atoms with E-state index in [9.17, 15) is 0 Å². The topological polar surface area (TPSA) is 12.0 Å². The van der Waals surface area contributed by atoms with Crippen LogP contribution in [0, 0.1) is 17.8 Å². The normalized spacial score (nSPS) is 36.3. The van der Waals surface area contributed by atoms with Crippen LogP contribution in [0.5, 0.6) is 0 Å². The quantitative estimate of drug-likeness (QED) is 0.847. The van der Waals surface area contributed by atoms with E-state index in [-0.39, 0.29) is 0 Å². The molecule has 0 spiro atoms. The van der Waals surface area contributed by atoms with Crippen LogP contribution in [-0.2, 0) is 6.42 Å². The lowest BCUT2D eigenvalue weighted by Gasteiger charge is -2.31. The van der Waals surface area contributed by atoms with Crippen LogP contribution in [0.2, 0.25) is 5.02 Å². The van der Waals surface area contributed by atoms with E-state index in [1.165, 1.54) is 49.7 Å². The lowest BCUT2D eigenvalue weighted by Crippen LogP contribution is -2.38. The summed E-state index contributed by atoms with van der Waals surface area (Å²) < 4.78 is 0. The number of hydrogen-bond acceptors (Lipinski definition) is 1. The molecule has 5 atom stereocenters. The molecule has 0 saturated heterocycles. The zero-order valence-electron chi connectivity index (χ0n) is 12.2. The summed E-state index contributed by atoms with van der Waals surface area (Å²) in [4.78, 5) is 0.